The lowest BCUT2D eigenvalue weighted by Gasteiger charge is -2.16. The van der Waals surface area contributed by atoms with Gasteiger partial charge >= 0.3 is 0 Å². The molecule has 0 radical (unpaired) electrons. The van der Waals surface area contributed by atoms with Crippen molar-refractivity contribution in [3.8, 4) is 6.07 Å². The van der Waals surface area contributed by atoms with Gasteiger partial charge in [-0.2, -0.15) is 5.26 Å². The smallest absolute Gasteiger partial charge is 0.228 e. The Morgan fingerprint density at radius 1 is 1.62 bits per heavy atom. The van der Waals surface area contributed by atoms with Crippen LogP contribution in [0.3, 0.4) is 0 Å². The lowest BCUT2D eigenvalue weighted by Crippen LogP contribution is -2.32. The topological polar surface area (TPSA) is 52.9 Å². The highest BCUT2D eigenvalue weighted by atomic mass is 127. The molecule has 1 rings (SSSR count). The van der Waals surface area contributed by atoms with Gasteiger partial charge in [-0.25, -0.2) is 0 Å². The van der Waals surface area contributed by atoms with E-state index in [1.54, 1.807) is 6.08 Å². The molecule has 1 aliphatic carbocycles. The minimum absolute atomic E-state index is 0.0172. The van der Waals surface area contributed by atoms with Gasteiger partial charge in [0.25, 0.3) is 0 Å². The van der Waals surface area contributed by atoms with Crippen LogP contribution in [0.1, 0.15) is 26.7 Å². The fourth-order valence-corrected chi connectivity index (χ4v) is 1.67. The maximum atomic E-state index is 11.8. The zero-order chi connectivity index (χ0) is 12.1. The minimum Gasteiger partial charge on any atom is -0.326 e. The Kier molecular flexibility index (Phi) is 5.00. The summed E-state index contributed by atoms with van der Waals surface area (Å²) in [6.45, 7) is 3.92. The van der Waals surface area contributed by atoms with Gasteiger partial charge < -0.3 is 5.32 Å². The van der Waals surface area contributed by atoms with Crippen molar-refractivity contribution in [3.63, 3.8) is 0 Å². The predicted octanol–water partition coefficient (Wildman–Crippen LogP) is 2.69. The molecule has 16 heavy (non-hydrogen) atoms. The number of halogens is 1. The number of rotatable bonds is 3. The second-order valence-electron chi connectivity index (χ2n) is 3.93. The van der Waals surface area contributed by atoms with Crippen molar-refractivity contribution >= 4 is 28.5 Å². The van der Waals surface area contributed by atoms with E-state index in [2.05, 4.69) is 34.0 Å². The molecule has 1 N–H and O–H groups in total. The van der Waals surface area contributed by atoms with Crippen LogP contribution < -0.4 is 5.32 Å². The number of alkyl halides is 1. The van der Waals surface area contributed by atoms with Gasteiger partial charge in [0.05, 0.1) is 6.07 Å². The molecule has 1 amide bonds. The van der Waals surface area contributed by atoms with Gasteiger partial charge in [0.15, 0.2) is 0 Å². The molecule has 0 fully saturated rings. The van der Waals surface area contributed by atoms with Crippen LogP contribution in [0.4, 0.5) is 0 Å². The van der Waals surface area contributed by atoms with Gasteiger partial charge in [-0.15, -0.1) is 0 Å². The molecule has 2 atom stereocenters. The molecular formula is C12H15IN2O. The van der Waals surface area contributed by atoms with E-state index in [0.29, 0.717) is 3.92 Å². The van der Waals surface area contributed by atoms with Crippen molar-refractivity contribution in [1.29, 1.82) is 5.26 Å². The summed E-state index contributed by atoms with van der Waals surface area (Å²) >= 11 is 2.24. The summed E-state index contributed by atoms with van der Waals surface area (Å²) < 4.78 is 0.293. The first-order valence-corrected chi connectivity index (χ1v) is 6.55. The Hall–Kier alpha value is -0.830. The number of nitrogens with one attached hydrogen (secondary N) is 1. The maximum Gasteiger partial charge on any atom is 0.228 e. The van der Waals surface area contributed by atoms with Crippen molar-refractivity contribution in [2.45, 2.75) is 30.6 Å². The molecule has 0 aliphatic heterocycles. The summed E-state index contributed by atoms with van der Waals surface area (Å²) in [7, 11) is 0. The summed E-state index contributed by atoms with van der Waals surface area (Å²) in [6, 6.07) is 2.13. The van der Waals surface area contributed by atoms with Crippen molar-refractivity contribution < 1.29 is 4.79 Å². The second kappa shape index (κ2) is 6.04. The summed E-state index contributed by atoms with van der Waals surface area (Å²) in [4.78, 5) is 11.8. The molecule has 2 unspecified atom stereocenters. The van der Waals surface area contributed by atoms with Crippen LogP contribution in [0, 0.1) is 17.2 Å². The lowest BCUT2D eigenvalue weighted by molar-refractivity contribution is -0.123. The van der Waals surface area contributed by atoms with Crippen LogP contribution in [0.15, 0.2) is 23.4 Å². The number of carbonyl (C=O) groups excluding carboxylic acids is 1. The number of hydrogen-bond donors (Lipinski definition) is 1. The molecule has 86 valence electrons. The fourth-order valence-electron chi connectivity index (χ4n) is 1.34. The molecule has 1 aliphatic rings. The van der Waals surface area contributed by atoms with E-state index in [0.717, 1.165) is 24.1 Å². The maximum absolute atomic E-state index is 11.8. The molecule has 0 aromatic heterocycles. The number of amides is 1. The molecule has 4 heteroatoms. The predicted molar refractivity (Wildman–Crippen MR) is 71.8 cm³/mol. The quantitative estimate of drug-likeness (QED) is 0.639. The van der Waals surface area contributed by atoms with Crippen LogP contribution in [0.25, 0.3) is 0 Å². The van der Waals surface area contributed by atoms with Gasteiger partial charge in [-0.3, -0.25) is 4.79 Å². The summed E-state index contributed by atoms with van der Waals surface area (Å²) in [5.41, 5.74) is 1.49. The van der Waals surface area contributed by atoms with E-state index in [9.17, 15) is 4.79 Å². The standard InChI is InChI=1S/C12H15IN2O/c1-8(9(2)13)12(16)15-11-5-3-4-10(6-11)7-14/h5-6,8-9H,3-4H2,1-2H3,(H,15,16). The molecule has 0 aromatic rings. The molecular weight excluding hydrogens is 315 g/mol. The highest BCUT2D eigenvalue weighted by Gasteiger charge is 2.18. The average Bonchev–Trinajstić information content (AvgIpc) is 2.28. The molecule has 0 aromatic carbocycles. The van der Waals surface area contributed by atoms with E-state index < -0.39 is 0 Å². The Morgan fingerprint density at radius 2 is 2.31 bits per heavy atom. The molecule has 0 spiro atoms. The van der Waals surface area contributed by atoms with E-state index in [1.807, 2.05) is 19.9 Å². The third-order valence-corrected chi connectivity index (χ3v) is 3.70. The lowest BCUT2D eigenvalue weighted by atomic mass is 10.0. The fraction of sp³-hybridized carbons (Fsp3) is 0.500. The van der Waals surface area contributed by atoms with Crippen LogP contribution in [-0.2, 0) is 4.79 Å². The van der Waals surface area contributed by atoms with E-state index in [-0.39, 0.29) is 11.8 Å². The summed E-state index contributed by atoms with van der Waals surface area (Å²) in [5.74, 6) is -0.00838. The van der Waals surface area contributed by atoms with E-state index in [4.69, 9.17) is 5.26 Å². The van der Waals surface area contributed by atoms with Gasteiger partial charge in [0.1, 0.15) is 0 Å². The summed E-state index contributed by atoms with van der Waals surface area (Å²) in [5, 5.41) is 11.6. The first-order chi connectivity index (χ1) is 7.54. The number of hydrogen-bond acceptors (Lipinski definition) is 2. The zero-order valence-electron chi connectivity index (χ0n) is 9.46. The van der Waals surface area contributed by atoms with Crippen molar-refractivity contribution in [2.24, 2.45) is 5.92 Å². The van der Waals surface area contributed by atoms with E-state index >= 15 is 0 Å². The molecule has 3 nitrogen and oxygen atoms in total. The van der Waals surface area contributed by atoms with E-state index in [1.165, 1.54) is 0 Å². The SMILES string of the molecule is CC(I)C(C)C(=O)NC1=CCCC(C#N)=C1. The van der Waals surface area contributed by atoms with Crippen LogP contribution >= 0.6 is 22.6 Å². The minimum atomic E-state index is -0.0256. The normalized spacial score (nSPS) is 18.9. The van der Waals surface area contributed by atoms with Gasteiger partial charge in [-0.1, -0.05) is 42.5 Å². The monoisotopic (exact) mass is 330 g/mol. The number of nitriles is 1. The van der Waals surface area contributed by atoms with Crippen LogP contribution in [-0.4, -0.2) is 9.83 Å². The first-order valence-electron chi connectivity index (χ1n) is 5.30. The Bertz CT molecular complexity index is 377. The van der Waals surface area contributed by atoms with Crippen LogP contribution in [0.5, 0.6) is 0 Å². The summed E-state index contributed by atoms with van der Waals surface area (Å²) in [6.07, 6.45) is 5.31. The van der Waals surface area contributed by atoms with Crippen molar-refractivity contribution in [3.05, 3.63) is 23.4 Å². The highest BCUT2D eigenvalue weighted by molar-refractivity contribution is 14.1. The number of nitrogens with zero attached hydrogens (tertiary/aromatic N) is 1. The first kappa shape index (κ1) is 13.2. The third-order valence-electron chi connectivity index (χ3n) is 2.62. The van der Waals surface area contributed by atoms with Gasteiger partial charge in [0, 0.05) is 21.1 Å². The molecule has 0 saturated heterocycles. The molecule has 0 saturated carbocycles. The number of carbonyl (C=O) groups is 1. The van der Waals surface area contributed by atoms with Crippen molar-refractivity contribution in [1.82, 2.24) is 5.32 Å². The largest absolute Gasteiger partial charge is 0.326 e. The number of allylic oxidation sites excluding steroid dienone is 3. The Morgan fingerprint density at radius 3 is 2.88 bits per heavy atom. The highest BCUT2D eigenvalue weighted by Crippen LogP contribution is 2.17. The third kappa shape index (κ3) is 3.63. The molecule has 0 bridgehead atoms. The van der Waals surface area contributed by atoms with Crippen molar-refractivity contribution in [2.75, 3.05) is 0 Å². The van der Waals surface area contributed by atoms with Gasteiger partial charge in [0.2, 0.25) is 5.91 Å². The molecule has 0 heterocycles. The zero-order valence-corrected chi connectivity index (χ0v) is 11.6. The Balaban J connectivity index is 2.63. The Labute approximate surface area is 110 Å². The second-order valence-corrected chi connectivity index (χ2v) is 5.90. The average molecular weight is 330 g/mol. The van der Waals surface area contributed by atoms with Gasteiger partial charge in [-0.05, 0) is 18.9 Å². The van der Waals surface area contributed by atoms with Crippen LogP contribution in [0.2, 0.25) is 0 Å².